The highest BCUT2D eigenvalue weighted by molar-refractivity contribution is 5.81. The zero-order valence-corrected chi connectivity index (χ0v) is 22.0. The Balaban J connectivity index is 1.19. The molecule has 0 saturated carbocycles. The first-order valence-corrected chi connectivity index (χ1v) is 13.0. The second-order valence-corrected chi connectivity index (χ2v) is 10.2. The molecule has 6 heteroatoms. The van der Waals surface area contributed by atoms with Gasteiger partial charge in [0, 0.05) is 12.3 Å². The largest absolute Gasteiger partial charge is 0.483 e. The van der Waals surface area contributed by atoms with E-state index in [2.05, 4.69) is 17.4 Å². The van der Waals surface area contributed by atoms with E-state index in [1.807, 2.05) is 105 Å². The van der Waals surface area contributed by atoms with Gasteiger partial charge in [-0.3, -0.25) is 0 Å². The van der Waals surface area contributed by atoms with Gasteiger partial charge in [-0.2, -0.15) is 0 Å². The SMILES string of the molecule is CC(C)(Oc1ccc(C[C@@H](NC(=O)OCC2c3ccccc3-c3ccccc32)C(=O)O)cc1)c1ccccc1. The van der Waals surface area contributed by atoms with Gasteiger partial charge in [-0.15, -0.1) is 0 Å². The molecule has 0 bridgehead atoms. The van der Waals surface area contributed by atoms with Crippen molar-refractivity contribution < 1.29 is 24.2 Å². The smallest absolute Gasteiger partial charge is 0.407 e. The molecular weight excluding hydrogens is 490 g/mol. The van der Waals surface area contributed by atoms with Gasteiger partial charge in [-0.25, -0.2) is 9.59 Å². The van der Waals surface area contributed by atoms with Gasteiger partial charge in [-0.05, 0) is 59.4 Å². The number of aliphatic carboxylic acids is 1. The summed E-state index contributed by atoms with van der Waals surface area (Å²) < 4.78 is 11.7. The number of carbonyl (C=O) groups is 2. The van der Waals surface area contributed by atoms with Crippen LogP contribution in [-0.4, -0.2) is 29.8 Å². The number of nitrogens with one attached hydrogen (secondary N) is 1. The number of ether oxygens (including phenoxy) is 2. The summed E-state index contributed by atoms with van der Waals surface area (Å²) in [7, 11) is 0. The number of benzene rings is 4. The van der Waals surface area contributed by atoms with E-state index in [9.17, 15) is 14.7 Å². The van der Waals surface area contributed by atoms with E-state index in [-0.39, 0.29) is 18.9 Å². The third-order valence-electron chi connectivity index (χ3n) is 7.14. The van der Waals surface area contributed by atoms with Crippen LogP contribution in [-0.2, 0) is 21.6 Å². The molecule has 4 aromatic carbocycles. The van der Waals surface area contributed by atoms with Gasteiger partial charge in [0.2, 0.25) is 0 Å². The molecule has 0 heterocycles. The van der Waals surface area contributed by atoms with Gasteiger partial charge in [-0.1, -0.05) is 91.0 Å². The summed E-state index contributed by atoms with van der Waals surface area (Å²) in [5, 5.41) is 12.3. The standard InChI is InChI=1S/C33H31NO5/c1-33(2,23-10-4-3-5-11-23)39-24-18-16-22(17-19-24)20-30(31(35)36)34-32(37)38-21-29-27-14-8-6-12-25(27)26-13-7-9-15-28(26)29/h3-19,29-30H,20-21H2,1-2H3,(H,34,37)(H,35,36)/t30-/m1/s1. The lowest BCUT2D eigenvalue weighted by atomic mass is 9.98. The Morgan fingerprint density at radius 1 is 0.821 bits per heavy atom. The number of hydrogen-bond acceptors (Lipinski definition) is 4. The van der Waals surface area contributed by atoms with Crippen LogP contribution < -0.4 is 10.1 Å². The van der Waals surface area contributed by atoms with Gasteiger partial charge in [0.05, 0.1) is 0 Å². The van der Waals surface area contributed by atoms with E-state index >= 15 is 0 Å². The third-order valence-corrected chi connectivity index (χ3v) is 7.14. The Bertz CT molecular complexity index is 1420. The van der Waals surface area contributed by atoms with E-state index in [1.54, 1.807) is 0 Å². The molecule has 0 aromatic heterocycles. The quantitative estimate of drug-likeness (QED) is 0.261. The van der Waals surface area contributed by atoms with Gasteiger partial charge < -0.3 is 19.9 Å². The maximum absolute atomic E-state index is 12.7. The van der Waals surface area contributed by atoms with Crippen LogP contribution in [0.15, 0.2) is 103 Å². The first-order chi connectivity index (χ1) is 18.8. The number of alkyl carbamates (subject to hydrolysis) is 1. The molecule has 39 heavy (non-hydrogen) atoms. The molecule has 0 saturated heterocycles. The Hall–Kier alpha value is -4.58. The molecule has 0 unspecified atom stereocenters. The molecule has 6 nitrogen and oxygen atoms in total. The number of amides is 1. The van der Waals surface area contributed by atoms with Gasteiger partial charge in [0.25, 0.3) is 0 Å². The highest BCUT2D eigenvalue weighted by Crippen LogP contribution is 2.44. The fourth-order valence-electron chi connectivity index (χ4n) is 5.10. The predicted octanol–water partition coefficient (Wildman–Crippen LogP) is 6.54. The van der Waals surface area contributed by atoms with Crippen molar-refractivity contribution in [1.82, 2.24) is 5.32 Å². The van der Waals surface area contributed by atoms with Gasteiger partial charge in [0.1, 0.15) is 24.0 Å². The van der Waals surface area contributed by atoms with E-state index in [4.69, 9.17) is 9.47 Å². The molecule has 0 radical (unpaired) electrons. The minimum Gasteiger partial charge on any atom is -0.483 e. The maximum Gasteiger partial charge on any atom is 0.407 e. The van der Waals surface area contributed by atoms with Crippen LogP contribution in [0, 0.1) is 0 Å². The Labute approximate surface area is 228 Å². The number of hydrogen-bond donors (Lipinski definition) is 2. The molecule has 1 aliphatic carbocycles. The average Bonchev–Trinajstić information content (AvgIpc) is 3.26. The van der Waals surface area contributed by atoms with Gasteiger partial charge in [0.15, 0.2) is 0 Å². The van der Waals surface area contributed by atoms with E-state index in [1.165, 1.54) is 0 Å². The Morgan fingerprint density at radius 3 is 1.97 bits per heavy atom. The average molecular weight is 522 g/mol. The summed E-state index contributed by atoms with van der Waals surface area (Å²) in [6.07, 6.45) is -0.643. The molecule has 2 N–H and O–H groups in total. The van der Waals surface area contributed by atoms with Crippen LogP contribution in [0.25, 0.3) is 11.1 Å². The van der Waals surface area contributed by atoms with Crippen molar-refractivity contribution in [2.24, 2.45) is 0 Å². The Kier molecular flexibility index (Phi) is 7.37. The van der Waals surface area contributed by atoms with Gasteiger partial charge >= 0.3 is 12.1 Å². The minimum atomic E-state index is -1.13. The summed E-state index contributed by atoms with van der Waals surface area (Å²) >= 11 is 0. The highest BCUT2D eigenvalue weighted by Gasteiger charge is 2.30. The lowest BCUT2D eigenvalue weighted by Crippen LogP contribution is -2.42. The fourth-order valence-corrected chi connectivity index (χ4v) is 5.10. The minimum absolute atomic E-state index is 0.0980. The predicted molar refractivity (Wildman–Crippen MR) is 150 cm³/mol. The number of fused-ring (bicyclic) bond motifs is 3. The first kappa shape index (κ1) is 26.0. The molecule has 1 atom stereocenters. The van der Waals surface area contributed by atoms with Crippen molar-refractivity contribution in [3.05, 3.63) is 125 Å². The summed E-state index contributed by atoms with van der Waals surface area (Å²) in [4.78, 5) is 24.6. The lowest BCUT2D eigenvalue weighted by Gasteiger charge is -2.27. The van der Waals surface area contributed by atoms with E-state index in [0.29, 0.717) is 5.75 Å². The van der Waals surface area contributed by atoms with Crippen LogP contribution in [0.5, 0.6) is 5.75 Å². The zero-order valence-electron chi connectivity index (χ0n) is 22.0. The van der Waals surface area contributed by atoms with Crippen molar-refractivity contribution in [2.75, 3.05) is 6.61 Å². The van der Waals surface area contributed by atoms with Crippen LogP contribution in [0.4, 0.5) is 4.79 Å². The lowest BCUT2D eigenvalue weighted by molar-refractivity contribution is -0.139. The molecule has 5 rings (SSSR count). The molecule has 1 amide bonds. The second kappa shape index (κ2) is 11.0. The Morgan fingerprint density at radius 2 is 1.38 bits per heavy atom. The van der Waals surface area contributed by atoms with E-state index in [0.717, 1.165) is 33.4 Å². The molecular formula is C33H31NO5. The number of carboxylic acid groups (broad SMARTS) is 1. The summed E-state index contributed by atoms with van der Waals surface area (Å²) in [5.74, 6) is -0.558. The summed E-state index contributed by atoms with van der Waals surface area (Å²) in [6.45, 7) is 4.11. The molecule has 0 spiro atoms. The van der Waals surface area contributed by atoms with Crippen LogP contribution in [0.3, 0.4) is 0 Å². The van der Waals surface area contributed by atoms with Crippen molar-refractivity contribution >= 4 is 12.1 Å². The van der Waals surface area contributed by atoms with Crippen molar-refractivity contribution in [1.29, 1.82) is 0 Å². The molecule has 4 aromatic rings. The number of rotatable bonds is 9. The normalized spacial score (nSPS) is 13.2. The highest BCUT2D eigenvalue weighted by atomic mass is 16.5. The van der Waals surface area contributed by atoms with Crippen LogP contribution >= 0.6 is 0 Å². The maximum atomic E-state index is 12.7. The molecule has 1 aliphatic rings. The zero-order chi connectivity index (χ0) is 27.4. The monoisotopic (exact) mass is 521 g/mol. The number of carboxylic acids is 1. The van der Waals surface area contributed by atoms with Crippen LogP contribution in [0.2, 0.25) is 0 Å². The number of carbonyl (C=O) groups excluding carboxylic acids is 1. The fraction of sp³-hybridized carbons (Fsp3) is 0.212. The first-order valence-electron chi connectivity index (χ1n) is 13.0. The summed E-state index contributed by atoms with van der Waals surface area (Å²) in [6, 6.07) is 32.2. The summed E-state index contributed by atoms with van der Waals surface area (Å²) in [5.41, 5.74) is 5.73. The van der Waals surface area contributed by atoms with Crippen molar-refractivity contribution in [3.8, 4) is 16.9 Å². The second-order valence-electron chi connectivity index (χ2n) is 10.2. The molecule has 0 fully saturated rings. The van der Waals surface area contributed by atoms with Crippen LogP contribution in [0.1, 0.15) is 42.0 Å². The topological polar surface area (TPSA) is 84.9 Å². The van der Waals surface area contributed by atoms with E-state index < -0.39 is 23.7 Å². The molecule has 0 aliphatic heterocycles. The third kappa shape index (κ3) is 5.80. The van der Waals surface area contributed by atoms with Crippen molar-refractivity contribution in [3.63, 3.8) is 0 Å². The van der Waals surface area contributed by atoms with Crippen molar-refractivity contribution in [2.45, 2.75) is 37.8 Å². The molecule has 198 valence electrons.